The lowest BCUT2D eigenvalue weighted by Gasteiger charge is -2.32. The lowest BCUT2D eigenvalue weighted by Crippen LogP contribution is -2.44. The van der Waals surface area contributed by atoms with Crippen LogP contribution in [0.15, 0.2) is 24.3 Å². The van der Waals surface area contributed by atoms with Crippen LogP contribution >= 0.6 is 0 Å². The van der Waals surface area contributed by atoms with Crippen molar-refractivity contribution in [1.29, 1.82) is 0 Å². The maximum atomic E-state index is 12.3. The van der Waals surface area contributed by atoms with E-state index in [1.807, 2.05) is 24.1 Å². The second kappa shape index (κ2) is 7.82. The minimum atomic E-state index is 0.0886. The van der Waals surface area contributed by atoms with Crippen LogP contribution in [0.2, 0.25) is 0 Å². The molecule has 1 heterocycles. The number of ether oxygens (including phenoxy) is 1. The summed E-state index contributed by atoms with van der Waals surface area (Å²) in [6, 6.07) is 8.05. The van der Waals surface area contributed by atoms with Crippen molar-refractivity contribution in [2.75, 3.05) is 33.3 Å². The van der Waals surface area contributed by atoms with Gasteiger partial charge >= 0.3 is 0 Å². The summed E-state index contributed by atoms with van der Waals surface area (Å²) in [5, 5.41) is 3.20. The molecule has 1 aromatic rings. The van der Waals surface area contributed by atoms with E-state index in [-0.39, 0.29) is 17.9 Å². The van der Waals surface area contributed by atoms with E-state index in [9.17, 15) is 4.79 Å². The van der Waals surface area contributed by atoms with Gasteiger partial charge in [0.1, 0.15) is 5.75 Å². The highest BCUT2D eigenvalue weighted by atomic mass is 16.5. The van der Waals surface area contributed by atoms with Crippen molar-refractivity contribution in [2.45, 2.75) is 39.0 Å². The molecule has 1 fully saturated rings. The molecule has 1 unspecified atom stereocenters. The number of rotatable bonds is 5. The van der Waals surface area contributed by atoms with Gasteiger partial charge in [-0.3, -0.25) is 4.79 Å². The Balaban J connectivity index is 1.84. The lowest BCUT2D eigenvalue weighted by atomic mass is 9.87. The zero-order valence-electron chi connectivity index (χ0n) is 14.9. The SMILES string of the molecule is CNCC1CCCN(C(=O)COc2ccc(C(C)(C)C)cc2)C1. The molecule has 4 heteroatoms. The van der Waals surface area contributed by atoms with Crippen molar-refractivity contribution < 1.29 is 9.53 Å². The summed E-state index contributed by atoms with van der Waals surface area (Å²) in [5.41, 5.74) is 1.40. The van der Waals surface area contributed by atoms with Crippen LogP contribution < -0.4 is 10.1 Å². The number of nitrogens with one attached hydrogen (secondary N) is 1. The fourth-order valence-electron chi connectivity index (χ4n) is 3.03. The highest BCUT2D eigenvalue weighted by molar-refractivity contribution is 5.77. The van der Waals surface area contributed by atoms with E-state index in [1.54, 1.807) is 0 Å². The summed E-state index contributed by atoms with van der Waals surface area (Å²) in [4.78, 5) is 14.3. The normalized spacial score (nSPS) is 18.8. The van der Waals surface area contributed by atoms with Crippen molar-refractivity contribution in [3.63, 3.8) is 0 Å². The molecule has 0 aliphatic carbocycles. The fourth-order valence-corrected chi connectivity index (χ4v) is 3.03. The fraction of sp³-hybridized carbons (Fsp3) is 0.632. The van der Waals surface area contributed by atoms with Gasteiger partial charge in [-0.15, -0.1) is 0 Å². The second-order valence-corrected chi connectivity index (χ2v) is 7.47. The Morgan fingerprint density at radius 2 is 2.00 bits per heavy atom. The van der Waals surface area contributed by atoms with Crippen molar-refractivity contribution >= 4 is 5.91 Å². The van der Waals surface area contributed by atoms with Crippen LogP contribution in [0.25, 0.3) is 0 Å². The highest BCUT2D eigenvalue weighted by Crippen LogP contribution is 2.24. The average molecular weight is 318 g/mol. The minimum Gasteiger partial charge on any atom is -0.484 e. The number of nitrogens with zero attached hydrogens (tertiary/aromatic N) is 1. The van der Waals surface area contributed by atoms with Gasteiger partial charge in [-0.1, -0.05) is 32.9 Å². The summed E-state index contributed by atoms with van der Waals surface area (Å²) >= 11 is 0. The van der Waals surface area contributed by atoms with Gasteiger partial charge in [-0.25, -0.2) is 0 Å². The molecular formula is C19H30N2O2. The number of likely N-dealkylation sites (tertiary alicyclic amines) is 1. The van der Waals surface area contributed by atoms with E-state index in [1.165, 1.54) is 12.0 Å². The Morgan fingerprint density at radius 3 is 2.61 bits per heavy atom. The van der Waals surface area contributed by atoms with Gasteiger partial charge < -0.3 is 15.0 Å². The molecule has 1 aromatic carbocycles. The summed E-state index contributed by atoms with van der Waals surface area (Å²) in [6.07, 6.45) is 2.28. The molecule has 1 atom stereocenters. The number of carbonyl (C=O) groups excluding carboxylic acids is 1. The molecule has 1 aliphatic heterocycles. The van der Waals surface area contributed by atoms with Crippen LogP contribution in [-0.2, 0) is 10.2 Å². The van der Waals surface area contributed by atoms with Crippen LogP contribution in [0.4, 0.5) is 0 Å². The molecule has 1 N–H and O–H groups in total. The Labute approximate surface area is 140 Å². The molecule has 23 heavy (non-hydrogen) atoms. The molecule has 0 aromatic heterocycles. The Bertz CT molecular complexity index is 503. The second-order valence-electron chi connectivity index (χ2n) is 7.47. The largest absolute Gasteiger partial charge is 0.484 e. The molecule has 1 saturated heterocycles. The summed E-state index contributed by atoms with van der Waals surface area (Å²) < 4.78 is 5.68. The molecule has 1 amide bonds. The van der Waals surface area contributed by atoms with Crippen molar-refractivity contribution in [1.82, 2.24) is 10.2 Å². The summed E-state index contributed by atoms with van der Waals surface area (Å²) in [7, 11) is 1.96. The van der Waals surface area contributed by atoms with Gasteiger partial charge in [0.25, 0.3) is 5.91 Å². The van der Waals surface area contributed by atoms with Crippen molar-refractivity contribution in [2.24, 2.45) is 5.92 Å². The van der Waals surface area contributed by atoms with E-state index in [4.69, 9.17) is 4.74 Å². The van der Waals surface area contributed by atoms with Crippen LogP contribution in [0, 0.1) is 5.92 Å². The Hall–Kier alpha value is -1.55. The first-order chi connectivity index (χ1) is 10.9. The van der Waals surface area contributed by atoms with E-state index in [0.29, 0.717) is 5.92 Å². The standard InChI is InChI=1S/C19H30N2O2/c1-19(2,3)16-7-9-17(10-8-16)23-14-18(22)21-11-5-6-15(13-21)12-20-4/h7-10,15,20H,5-6,11-14H2,1-4H3. The third kappa shape index (κ3) is 5.24. The molecular weight excluding hydrogens is 288 g/mol. The Morgan fingerprint density at radius 1 is 1.30 bits per heavy atom. The molecule has 0 bridgehead atoms. The van der Waals surface area contributed by atoms with Crippen LogP contribution in [0.1, 0.15) is 39.2 Å². The third-order valence-corrected chi connectivity index (χ3v) is 4.45. The molecule has 128 valence electrons. The predicted octanol–water partition coefficient (Wildman–Crippen LogP) is 2.82. The van der Waals surface area contributed by atoms with Crippen molar-refractivity contribution in [3.8, 4) is 5.75 Å². The van der Waals surface area contributed by atoms with Gasteiger partial charge in [-0.05, 0) is 55.5 Å². The summed E-state index contributed by atoms with van der Waals surface area (Å²) in [5.74, 6) is 1.41. The average Bonchev–Trinajstić information content (AvgIpc) is 2.53. The smallest absolute Gasteiger partial charge is 0.260 e. The molecule has 2 rings (SSSR count). The van der Waals surface area contributed by atoms with E-state index in [0.717, 1.165) is 31.8 Å². The molecule has 4 nitrogen and oxygen atoms in total. The zero-order chi connectivity index (χ0) is 16.9. The van der Waals surface area contributed by atoms with Gasteiger partial charge in [0.15, 0.2) is 6.61 Å². The highest BCUT2D eigenvalue weighted by Gasteiger charge is 2.23. The van der Waals surface area contributed by atoms with Crippen LogP contribution in [0.3, 0.4) is 0 Å². The predicted molar refractivity (Wildman–Crippen MR) is 93.9 cm³/mol. The molecule has 1 aliphatic rings. The monoisotopic (exact) mass is 318 g/mol. The minimum absolute atomic E-state index is 0.0886. The molecule has 0 spiro atoms. The number of piperidine rings is 1. The number of amides is 1. The first kappa shape index (κ1) is 17.8. The van der Waals surface area contributed by atoms with Crippen molar-refractivity contribution in [3.05, 3.63) is 29.8 Å². The lowest BCUT2D eigenvalue weighted by molar-refractivity contribution is -0.135. The number of hydrogen-bond donors (Lipinski definition) is 1. The van der Waals surface area contributed by atoms with E-state index >= 15 is 0 Å². The zero-order valence-corrected chi connectivity index (χ0v) is 14.9. The molecule has 0 saturated carbocycles. The summed E-state index contributed by atoms with van der Waals surface area (Å²) in [6.45, 7) is 9.34. The van der Waals surface area contributed by atoms with Gasteiger partial charge in [0, 0.05) is 13.1 Å². The first-order valence-electron chi connectivity index (χ1n) is 8.56. The van der Waals surface area contributed by atoms with Gasteiger partial charge in [-0.2, -0.15) is 0 Å². The first-order valence-corrected chi connectivity index (χ1v) is 8.56. The van der Waals surface area contributed by atoms with Crippen LogP contribution in [0.5, 0.6) is 5.75 Å². The quantitative estimate of drug-likeness (QED) is 0.908. The van der Waals surface area contributed by atoms with Crippen LogP contribution in [-0.4, -0.2) is 44.1 Å². The molecule has 0 radical (unpaired) electrons. The van der Waals surface area contributed by atoms with Gasteiger partial charge in [0.2, 0.25) is 0 Å². The van der Waals surface area contributed by atoms with E-state index < -0.39 is 0 Å². The third-order valence-electron chi connectivity index (χ3n) is 4.45. The van der Waals surface area contributed by atoms with Gasteiger partial charge in [0.05, 0.1) is 0 Å². The number of benzene rings is 1. The maximum absolute atomic E-state index is 12.3. The topological polar surface area (TPSA) is 41.6 Å². The van der Waals surface area contributed by atoms with E-state index in [2.05, 4.69) is 38.2 Å². The Kier molecular flexibility index (Phi) is 6.05. The maximum Gasteiger partial charge on any atom is 0.260 e. The number of carbonyl (C=O) groups is 1. The number of hydrogen-bond acceptors (Lipinski definition) is 3.